The van der Waals surface area contributed by atoms with E-state index in [1.165, 1.54) is 0 Å². The van der Waals surface area contributed by atoms with Crippen molar-refractivity contribution in [2.45, 2.75) is 26.9 Å². The quantitative estimate of drug-likeness (QED) is 0.566. The highest BCUT2D eigenvalue weighted by atomic mass is 16.6. The van der Waals surface area contributed by atoms with Crippen molar-refractivity contribution >= 4 is 12.1 Å². The third kappa shape index (κ3) is 6.21. The Hall–Kier alpha value is -2.64. The average Bonchev–Trinajstić information content (AvgIpc) is 2.72. The molecule has 1 aromatic carbocycles. The third-order valence-corrected chi connectivity index (χ3v) is 4.34. The molecular formula is C20H32N4O4. The minimum Gasteiger partial charge on any atom is -0.493 e. The van der Waals surface area contributed by atoms with Crippen LogP contribution >= 0.6 is 0 Å². The normalized spacial score (nSPS) is 15.8. The second-order valence-electron chi connectivity index (χ2n) is 6.45. The highest BCUT2D eigenvalue weighted by Crippen LogP contribution is 2.26. The lowest BCUT2D eigenvalue weighted by Gasteiger charge is -2.36. The van der Waals surface area contributed by atoms with Crippen LogP contribution in [-0.2, 0) is 4.74 Å². The molecular weight excluding hydrogens is 360 g/mol. The molecule has 1 N–H and O–H groups in total. The lowest BCUT2D eigenvalue weighted by atomic mass is 10.3. The summed E-state index contributed by atoms with van der Waals surface area (Å²) < 4.78 is 16.4. The number of amides is 1. The summed E-state index contributed by atoms with van der Waals surface area (Å²) in [6.07, 6.45) is -0.353. The van der Waals surface area contributed by atoms with Gasteiger partial charge in [0.1, 0.15) is 6.10 Å². The second kappa shape index (κ2) is 11.3. The van der Waals surface area contributed by atoms with E-state index in [1.54, 1.807) is 12.0 Å². The highest BCUT2D eigenvalue weighted by Gasteiger charge is 2.23. The maximum absolute atomic E-state index is 11.9. The van der Waals surface area contributed by atoms with Gasteiger partial charge in [-0.3, -0.25) is 0 Å². The molecule has 1 heterocycles. The molecule has 1 aliphatic rings. The largest absolute Gasteiger partial charge is 0.493 e. The minimum atomic E-state index is -0.247. The van der Waals surface area contributed by atoms with Gasteiger partial charge in [0.15, 0.2) is 17.5 Å². The predicted octanol–water partition coefficient (Wildman–Crippen LogP) is 2.20. The molecule has 2 rings (SSSR count). The van der Waals surface area contributed by atoms with Gasteiger partial charge in [-0.1, -0.05) is 12.1 Å². The van der Waals surface area contributed by atoms with Gasteiger partial charge in [0.2, 0.25) is 0 Å². The van der Waals surface area contributed by atoms with Crippen LogP contribution in [0.25, 0.3) is 0 Å². The Bertz CT molecular complexity index is 645. The van der Waals surface area contributed by atoms with Crippen molar-refractivity contribution in [3.63, 3.8) is 0 Å². The summed E-state index contributed by atoms with van der Waals surface area (Å²) >= 11 is 0. The number of nitrogens with zero attached hydrogens (tertiary/aromatic N) is 3. The molecule has 0 bridgehead atoms. The van der Waals surface area contributed by atoms with Crippen molar-refractivity contribution < 1.29 is 19.0 Å². The first-order chi connectivity index (χ1) is 13.6. The van der Waals surface area contributed by atoms with E-state index >= 15 is 0 Å². The summed E-state index contributed by atoms with van der Waals surface area (Å²) in [5.41, 5.74) is 0. The summed E-state index contributed by atoms with van der Waals surface area (Å²) in [5, 5.41) is 3.32. The first-order valence-corrected chi connectivity index (χ1v) is 9.83. The molecule has 1 saturated heterocycles. The Morgan fingerprint density at radius 2 is 1.79 bits per heavy atom. The number of nitrogens with one attached hydrogen (secondary N) is 1. The minimum absolute atomic E-state index is 0.106. The molecule has 1 atom stereocenters. The van der Waals surface area contributed by atoms with E-state index < -0.39 is 0 Å². The Balaban J connectivity index is 1.92. The number of rotatable bonds is 7. The molecule has 1 unspecified atom stereocenters. The first-order valence-electron chi connectivity index (χ1n) is 9.83. The Kier molecular flexibility index (Phi) is 8.71. The van der Waals surface area contributed by atoms with E-state index in [2.05, 4.69) is 10.2 Å². The number of aliphatic imine (C=N–C) groups is 1. The van der Waals surface area contributed by atoms with Crippen molar-refractivity contribution in [1.82, 2.24) is 15.1 Å². The molecule has 1 amide bonds. The smallest absolute Gasteiger partial charge is 0.409 e. The van der Waals surface area contributed by atoms with E-state index in [4.69, 9.17) is 19.2 Å². The molecule has 156 valence electrons. The summed E-state index contributed by atoms with van der Waals surface area (Å²) in [7, 11) is 1.63. The number of hydrogen-bond acceptors (Lipinski definition) is 5. The lowest BCUT2D eigenvalue weighted by molar-refractivity contribution is 0.0914. The molecule has 1 aliphatic heterocycles. The topological polar surface area (TPSA) is 75.6 Å². The fraction of sp³-hybridized carbons (Fsp3) is 0.600. The third-order valence-electron chi connectivity index (χ3n) is 4.34. The number of piperazine rings is 1. The maximum Gasteiger partial charge on any atom is 0.409 e. The van der Waals surface area contributed by atoms with Gasteiger partial charge in [-0.15, -0.1) is 0 Å². The monoisotopic (exact) mass is 392 g/mol. The molecule has 0 aliphatic carbocycles. The zero-order chi connectivity index (χ0) is 20.4. The van der Waals surface area contributed by atoms with Gasteiger partial charge in [-0.2, -0.15) is 0 Å². The SMILES string of the molecule is CCNC(=NCC(C)Oc1ccccc1OC)N1CCN(C(=O)OCC)CC1. The van der Waals surface area contributed by atoms with Gasteiger partial charge in [0.05, 0.1) is 20.3 Å². The standard InChI is InChI=1S/C20H32N4O4/c1-5-21-19(23-11-13-24(14-12-23)20(25)27-6-2)22-15-16(3)28-18-10-8-7-9-17(18)26-4/h7-10,16H,5-6,11-15H2,1-4H3,(H,21,22). The van der Waals surface area contributed by atoms with Gasteiger partial charge in [0, 0.05) is 32.7 Å². The zero-order valence-electron chi connectivity index (χ0n) is 17.3. The predicted molar refractivity (Wildman–Crippen MR) is 109 cm³/mol. The molecule has 8 nitrogen and oxygen atoms in total. The van der Waals surface area contributed by atoms with E-state index in [1.807, 2.05) is 45.0 Å². The summed E-state index contributed by atoms with van der Waals surface area (Å²) in [4.78, 5) is 20.5. The van der Waals surface area contributed by atoms with Crippen molar-refractivity contribution in [1.29, 1.82) is 0 Å². The number of carbonyl (C=O) groups is 1. The van der Waals surface area contributed by atoms with Gasteiger partial charge < -0.3 is 29.3 Å². The van der Waals surface area contributed by atoms with Crippen LogP contribution in [-0.4, -0.2) is 80.9 Å². The highest BCUT2D eigenvalue weighted by molar-refractivity contribution is 5.80. The molecule has 28 heavy (non-hydrogen) atoms. The number of carbonyl (C=O) groups excluding carboxylic acids is 1. The number of para-hydroxylation sites is 2. The molecule has 0 saturated carbocycles. The number of hydrogen-bond donors (Lipinski definition) is 1. The van der Waals surface area contributed by atoms with Gasteiger partial charge >= 0.3 is 6.09 Å². The lowest BCUT2D eigenvalue weighted by Crippen LogP contribution is -2.54. The molecule has 8 heteroatoms. The van der Waals surface area contributed by atoms with Crippen LogP contribution in [0.5, 0.6) is 11.5 Å². The van der Waals surface area contributed by atoms with E-state index in [-0.39, 0.29) is 12.2 Å². The van der Waals surface area contributed by atoms with Gasteiger partial charge in [-0.25, -0.2) is 9.79 Å². The van der Waals surface area contributed by atoms with Crippen molar-refractivity contribution in [3.05, 3.63) is 24.3 Å². The van der Waals surface area contributed by atoms with Crippen LogP contribution in [0, 0.1) is 0 Å². The van der Waals surface area contributed by atoms with E-state index in [0.29, 0.717) is 50.8 Å². The van der Waals surface area contributed by atoms with Crippen LogP contribution in [0.4, 0.5) is 4.79 Å². The molecule has 0 aromatic heterocycles. The summed E-state index contributed by atoms with van der Waals surface area (Å²) in [6.45, 7) is 10.2. The molecule has 1 aromatic rings. The Morgan fingerprint density at radius 1 is 1.14 bits per heavy atom. The van der Waals surface area contributed by atoms with Crippen LogP contribution < -0.4 is 14.8 Å². The van der Waals surface area contributed by atoms with Crippen LogP contribution in [0.15, 0.2) is 29.3 Å². The van der Waals surface area contributed by atoms with Gasteiger partial charge in [-0.05, 0) is 32.9 Å². The fourth-order valence-electron chi connectivity index (χ4n) is 2.93. The summed E-state index contributed by atoms with van der Waals surface area (Å²) in [6, 6.07) is 7.59. The van der Waals surface area contributed by atoms with Crippen LogP contribution in [0.2, 0.25) is 0 Å². The number of methoxy groups -OCH3 is 1. The summed E-state index contributed by atoms with van der Waals surface area (Å²) in [5.74, 6) is 2.25. The van der Waals surface area contributed by atoms with Gasteiger partial charge in [0.25, 0.3) is 0 Å². The number of ether oxygens (including phenoxy) is 3. The molecule has 1 fully saturated rings. The van der Waals surface area contributed by atoms with Crippen molar-refractivity contribution in [2.75, 3.05) is 53.0 Å². The molecule has 0 radical (unpaired) electrons. The van der Waals surface area contributed by atoms with Crippen molar-refractivity contribution in [2.24, 2.45) is 4.99 Å². The van der Waals surface area contributed by atoms with E-state index in [9.17, 15) is 4.79 Å². The second-order valence-corrected chi connectivity index (χ2v) is 6.45. The molecule has 0 spiro atoms. The van der Waals surface area contributed by atoms with Crippen LogP contribution in [0.3, 0.4) is 0 Å². The zero-order valence-corrected chi connectivity index (χ0v) is 17.3. The fourth-order valence-corrected chi connectivity index (χ4v) is 2.93. The first kappa shape index (κ1) is 21.7. The number of benzene rings is 1. The maximum atomic E-state index is 11.9. The van der Waals surface area contributed by atoms with Crippen molar-refractivity contribution in [3.8, 4) is 11.5 Å². The number of guanidine groups is 1. The Labute approximate surface area is 167 Å². The van der Waals surface area contributed by atoms with Crippen LogP contribution in [0.1, 0.15) is 20.8 Å². The van der Waals surface area contributed by atoms with E-state index in [0.717, 1.165) is 12.5 Å². The average molecular weight is 393 g/mol. The Morgan fingerprint density at radius 3 is 2.39 bits per heavy atom.